The number of carboxylic acids is 1. The summed E-state index contributed by atoms with van der Waals surface area (Å²) in [7, 11) is 0. The van der Waals surface area contributed by atoms with Crippen LogP contribution in [-0.4, -0.2) is 55.7 Å². The van der Waals surface area contributed by atoms with Crippen LogP contribution < -0.4 is 16.0 Å². The number of phenols is 3. The number of ketones is 2. The van der Waals surface area contributed by atoms with Crippen LogP contribution >= 0.6 is 0 Å². The molecule has 3 amide bonds. The summed E-state index contributed by atoms with van der Waals surface area (Å²) >= 11 is 0. The average molecular weight is 795 g/mol. The lowest BCUT2D eigenvalue weighted by atomic mass is 9.94. The number of anilines is 3. The highest BCUT2D eigenvalue weighted by Gasteiger charge is 2.24. The van der Waals surface area contributed by atoms with Gasteiger partial charge in [-0.3, -0.25) is 24.0 Å². The predicted molar refractivity (Wildman–Crippen MR) is 218 cm³/mol. The van der Waals surface area contributed by atoms with E-state index in [9.17, 15) is 49.3 Å². The topological polar surface area (TPSA) is 243 Å². The molecule has 298 valence electrons. The van der Waals surface area contributed by atoms with Gasteiger partial charge in [-0.1, -0.05) is 36.4 Å². The number of nitriles is 1. The summed E-state index contributed by atoms with van der Waals surface area (Å²) in [6, 6.07) is 26.8. The molecule has 0 heterocycles. The van der Waals surface area contributed by atoms with Gasteiger partial charge in [0.25, 0.3) is 11.8 Å². The van der Waals surface area contributed by atoms with Gasteiger partial charge < -0.3 is 36.4 Å². The first-order chi connectivity index (χ1) is 28.1. The van der Waals surface area contributed by atoms with Gasteiger partial charge in [0.1, 0.15) is 22.8 Å². The van der Waals surface area contributed by atoms with Crippen molar-refractivity contribution in [2.24, 2.45) is 5.92 Å². The first-order valence-electron chi connectivity index (χ1n) is 18.1. The lowest BCUT2D eigenvalue weighted by Crippen LogP contribution is -2.25. The molecule has 0 spiro atoms. The van der Waals surface area contributed by atoms with Crippen LogP contribution in [0.15, 0.2) is 109 Å². The zero-order valence-corrected chi connectivity index (χ0v) is 31.8. The van der Waals surface area contributed by atoms with Crippen molar-refractivity contribution < 1.29 is 49.2 Å². The molecule has 14 heteroatoms. The first-order valence-corrected chi connectivity index (χ1v) is 18.1. The number of rotatable bonds is 15. The molecule has 0 bridgehead atoms. The number of Topliss-reactive ketones (excluding diaryl/α,β-unsaturated/α-hetero) is 2. The summed E-state index contributed by atoms with van der Waals surface area (Å²) in [5, 5.41) is 56.4. The molecule has 59 heavy (non-hydrogen) atoms. The third-order valence-electron chi connectivity index (χ3n) is 9.32. The molecule has 0 saturated carbocycles. The van der Waals surface area contributed by atoms with Crippen molar-refractivity contribution in [3.8, 4) is 23.3 Å². The normalized spacial score (nSPS) is 11.4. The number of aromatic hydroxyl groups is 3. The van der Waals surface area contributed by atoms with Crippen LogP contribution in [0.3, 0.4) is 0 Å². The van der Waals surface area contributed by atoms with Crippen molar-refractivity contribution in [2.45, 2.75) is 33.1 Å². The van der Waals surface area contributed by atoms with E-state index >= 15 is 0 Å². The molecular weight excluding hydrogens is 757 g/mol. The maximum absolute atomic E-state index is 13.2. The first kappa shape index (κ1) is 42.1. The second kappa shape index (κ2) is 18.7. The standard InChI is InChI=1S/C45H38N4O10/c1-25(21-27-5-14-34(50)15-6-27)38(51)22-28-3-7-29(8-4-28)39(52)23-31(19-20-46)43(56)47-32-11-9-30(10-12-32)42(55)49-37-18-17-36(41(54)26(37)2)44(57)48-33-13-16-35(45(58)59)40(53)24-33/h3-18,21,24,31,50,53-54H,19,22-23H2,1-2H3,(H,47,56)(H,48,57)(H,49,55)(H,58,59)/b25-21+. The highest BCUT2D eigenvalue weighted by Crippen LogP contribution is 2.31. The van der Waals surface area contributed by atoms with E-state index in [0.717, 1.165) is 17.7 Å². The second-order valence-corrected chi connectivity index (χ2v) is 13.5. The Morgan fingerprint density at radius 2 is 1.36 bits per heavy atom. The molecular formula is C45H38N4O10. The monoisotopic (exact) mass is 794 g/mol. The van der Waals surface area contributed by atoms with E-state index in [1.807, 2.05) is 6.07 Å². The number of carbonyl (C=O) groups excluding carboxylic acids is 5. The van der Waals surface area contributed by atoms with Gasteiger partial charge in [-0.05, 0) is 97.3 Å². The Morgan fingerprint density at radius 3 is 1.98 bits per heavy atom. The van der Waals surface area contributed by atoms with Crippen molar-refractivity contribution in [1.82, 2.24) is 0 Å². The van der Waals surface area contributed by atoms with Gasteiger partial charge in [0.15, 0.2) is 11.6 Å². The molecule has 14 nitrogen and oxygen atoms in total. The molecule has 1 unspecified atom stereocenters. The highest BCUT2D eigenvalue weighted by molar-refractivity contribution is 6.09. The number of hydrogen-bond donors (Lipinski definition) is 7. The molecule has 0 saturated heterocycles. The van der Waals surface area contributed by atoms with Gasteiger partial charge in [0, 0.05) is 59.1 Å². The molecule has 1 atom stereocenters. The van der Waals surface area contributed by atoms with E-state index in [-0.39, 0.29) is 70.2 Å². The minimum atomic E-state index is -1.35. The summed E-state index contributed by atoms with van der Waals surface area (Å²) < 4.78 is 0. The van der Waals surface area contributed by atoms with Crippen molar-refractivity contribution in [2.75, 3.05) is 16.0 Å². The highest BCUT2D eigenvalue weighted by atomic mass is 16.4. The lowest BCUT2D eigenvalue weighted by molar-refractivity contribution is -0.119. The number of allylic oxidation sites excluding steroid dienone is 1. The van der Waals surface area contributed by atoms with Gasteiger partial charge in [-0.25, -0.2) is 4.79 Å². The number of benzene rings is 5. The largest absolute Gasteiger partial charge is 0.508 e. The van der Waals surface area contributed by atoms with Crippen molar-refractivity contribution >= 4 is 58.4 Å². The quantitative estimate of drug-likeness (QED) is 0.0410. The molecule has 0 aliphatic rings. The van der Waals surface area contributed by atoms with Crippen LogP contribution in [0.4, 0.5) is 17.1 Å². The van der Waals surface area contributed by atoms with Gasteiger partial charge in [0.2, 0.25) is 5.91 Å². The third kappa shape index (κ3) is 10.8. The molecule has 0 fully saturated rings. The second-order valence-electron chi connectivity index (χ2n) is 13.5. The summed E-state index contributed by atoms with van der Waals surface area (Å²) in [6.45, 7) is 3.18. The minimum absolute atomic E-state index is 0.0852. The number of nitrogens with one attached hydrogen (secondary N) is 3. The van der Waals surface area contributed by atoms with Gasteiger partial charge in [-0.2, -0.15) is 5.26 Å². The van der Waals surface area contributed by atoms with Crippen LogP contribution in [0, 0.1) is 24.2 Å². The Morgan fingerprint density at radius 1 is 0.729 bits per heavy atom. The number of carbonyl (C=O) groups is 6. The van der Waals surface area contributed by atoms with Crippen molar-refractivity contribution in [1.29, 1.82) is 5.26 Å². The Bertz CT molecular complexity index is 2520. The molecule has 5 rings (SSSR count). The summed E-state index contributed by atoms with van der Waals surface area (Å²) in [5.74, 6) is -5.55. The van der Waals surface area contributed by atoms with Gasteiger partial charge in [0.05, 0.1) is 17.6 Å². The van der Waals surface area contributed by atoms with Crippen molar-refractivity contribution in [3.63, 3.8) is 0 Å². The molecule has 0 aliphatic carbocycles. The smallest absolute Gasteiger partial charge is 0.339 e. The van der Waals surface area contributed by atoms with E-state index in [1.54, 1.807) is 49.4 Å². The maximum atomic E-state index is 13.2. The van der Waals surface area contributed by atoms with Crippen LogP contribution in [0.25, 0.3) is 6.08 Å². The molecule has 5 aromatic rings. The Labute approximate surface area is 338 Å². The Balaban J connectivity index is 1.15. The Kier molecular flexibility index (Phi) is 13.4. The number of nitrogens with zero attached hydrogens (tertiary/aromatic N) is 1. The predicted octanol–water partition coefficient (Wildman–Crippen LogP) is 7.27. The van der Waals surface area contributed by atoms with Crippen LogP contribution in [0.5, 0.6) is 17.2 Å². The summed E-state index contributed by atoms with van der Waals surface area (Å²) in [6.07, 6.45) is 1.35. The lowest BCUT2D eigenvalue weighted by Gasteiger charge is -2.15. The number of amides is 3. The summed E-state index contributed by atoms with van der Waals surface area (Å²) in [4.78, 5) is 76.2. The molecule has 5 aromatic carbocycles. The molecule has 0 radical (unpaired) electrons. The number of hydrogen-bond acceptors (Lipinski definition) is 10. The van der Waals surface area contributed by atoms with E-state index in [2.05, 4.69) is 16.0 Å². The van der Waals surface area contributed by atoms with Gasteiger partial charge in [-0.15, -0.1) is 0 Å². The number of phenolic OH excluding ortho intramolecular Hbond substituents is 2. The van der Waals surface area contributed by atoms with E-state index < -0.39 is 41.1 Å². The Hall–Kier alpha value is -8.05. The zero-order chi connectivity index (χ0) is 42.8. The third-order valence-corrected chi connectivity index (χ3v) is 9.32. The summed E-state index contributed by atoms with van der Waals surface area (Å²) in [5.41, 5.74) is 2.75. The SMILES string of the molecule is C/C(=C\c1ccc(O)cc1)C(=O)Cc1ccc(C(=O)CC(CC#N)C(=O)Nc2ccc(C(=O)Nc3ccc(C(=O)Nc4ccc(C(=O)O)c(O)c4)c(O)c3C)cc2)cc1. The molecule has 0 aliphatic heterocycles. The van der Waals surface area contributed by atoms with Crippen LogP contribution in [0.1, 0.15) is 77.9 Å². The zero-order valence-electron chi connectivity index (χ0n) is 31.8. The fraction of sp³-hybridized carbons (Fsp3) is 0.133. The average Bonchev–Trinajstić information content (AvgIpc) is 3.20. The fourth-order valence-corrected chi connectivity index (χ4v) is 5.89. The fourth-order valence-electron chi connectivity index (χ4n) is 5.89. The van der Waals surface area contributed by atoms with Gasteiger partial charge >= 0.3 is 5.97 Å². The number of carboxylic acid groups (broad SMARTS) is 1. The van der Waals surface area contributed by atoms with E-state index in [0.29, 0.717) is 22.4 Å². The molecule has 7 N–H and O–H groups in total. The van der Waals surface area contributed by atoms with Crippen molar-refractivity contribution in [3.05, 3.63) is 148 Å². The minimum Gasteiger partial charge on any atom is -0.508 e. The van der Waals surface area contributed by atoms with E-state index in [1.165, 1.54) is 61.5 Å². The number of aromatic carboxylic acids is 1. The van der Waals surface area contributed by atoms with E-state index in [4.69, 9.17) is 5.11 Å². The maximum Gasteiger partial charge on any atom is 0.339 e. The molecule has 0 aromatic heterocycles. The van der Waals surface area contributed by atoms with Crippen LogP contribution in [0.2, 0.25) is 0 Å². The van der Waals surface area contributed by atoms with Crippen LogP contribution in [-0.2, 0) is 16.0 Å².